The van der Waals surface area contributed by atoms with Gasteiger partial charge in [0.25, 0.3) is 0 Å². The van der Waals surface area contributed by atoms with E-state index in [1.165, 1.54) is 6.07 Å². The van der Waals surface area contributed by atoms with E-state index in [9.17, 15) is 17.6 Å². The van der Waals surface area contributed by atoms with Gasteiger partial charge in [0.15, 0.2) is 6.61 Å². The molecule has 1 aromatic carbocycles. The normalized spacial score (nSPS) is 11.9. The van der Waals surface area contributed by atoms with E-state index in [0.717, 1.165) is 5.56 Å². The van der Waals surface area contributed by atoms with Gasteiger partial charge in [-0.25, -0.2) is 8.78 Å². The van der Waals surface area contributed by atoms with E-state index in [4.69, 9.17) is 5.73 Å². The minimum absolute atomic E-state index is 0.0718. The van der Waals surface area contributed by atoms with Crippen LogP contribution in [0.1, 0.15) is 5.56 Å². The molecule has 0 aliphatic rings. The van der Waals surface area contributed by atoms with Crippen molar-refractivity contribution in [1.82, 2.24) is 0 Å². The Labute approximate surface area is 104 Å². The second-order valence-electron chi connectivity index (χ2n) is 3.32. The van der Waals surface area contributed by atoms with Gasteiger partial charge in [-0.05, 0) is 33.6 Å². The SMILES string of the molecule is NCc1ccc(OCC(F)(F)C(F)F)c(Br)c1. The highest BCUT2D eigenvalue weighted by Gasteiger charge is 2.41. The van der Waals surface area contributed by atoms with Crippen LogP contribution in [0.3, 0.4) is 0 Å². The van der Waals surface area contributed by atoms with Crippen LogP contribution in [-0.4, -0.2) is 19.0 Å². The van der Waals surface area contributed by atoms with Crippen LogP contribution in [-0.2, 0) is 6.54 Å². The zero-order valence-corrected chi connectivity index (χ0v) is 10.2. The molecule has 1 rings (SSSR count). The Hall–Kier alpha value is -0.820. The average Bonchev–Trinajstić information content (AvgIpc) is 2.27. The fraction of sp³-hybridized carbons (Fsp3) is 0.400. The Morgan fingerprint density at radius 2 is 2.00 bits per heavy atom. The number of hydrogen-bond donors (Lipinski definition) is 1. The fourth-order valence-corrected chi connectivity index (χ4v) is 1.57. The first-order valence-electron chi connectivity index (χ1n) is 4.64. The number of rotatable bonds is 5. The fourth-order valence-electron chi connectivity index (χ4n) is 1.03. The van der Waals surface area contributed by atoms with E-state index in [-0.39, 0.29) is 12.3 Å². The van der Waals surface area contributed by atoms with Crippen LogP contribution >= 0.6 is 15.9 Å². The van der Waals surface area contributed by atoms with Gasteiger partial charge < -0.3 is 10.5 Å². The average molecular weight is 316 g/mol. The van der Waals surface area contributed by atoms with Gasteiger partial charge in [0.2, 0.25) is 0 Å². The zero-order chi connectivity index (χ0) is 13.1. The molecule has 0 aliphatic heterocycles. The van der Waals surface area contributed by atoms with E-state index >= 15 is 0 Å². The number of nitrogens with two attached hydrogens (primary N) is 1. The first-order chi connectivity index (χ1) is 7.86. The van der Waals surface area contributed by atoms with Gasteiger partial charge in [-0.3, -0.25) is 0 Å². The van der Waals surface area contributed by atoms with Crippen molar-refractivity contribution in [1.29, 1.82) is 0 Å². The Morgan fingerprint density at radius 1 is 1.35 bits per heavy atom. The Bertz CT molecular complexity index is 387. The first kappa shape index (κ1) is 14.2. The van der Waals surface area contributed by atoms with Gasteiger partial charge in [-0.2, -0.15) is 8.78 Å². The van der Waals surface area contributed by atoms with Crippen LogP contribution in [0.4, 0.5) is 17.6 Å². The van der Waals surface area contributed by atoms with Crippen molar-refractivity contribution in [2.45, 2.75) is 18.9 Å². The molecule has 96 valence electrons. The molecular formula is C10H10BrF4NO. The third kappa shape index (κ3) is 3.85. The predicted octanol–water partition coefficient (Wildman–Crippen LogP) is 3.19. The van der Waals surface area contributed by atoms with Gasteiger partial charge in [-0.1, -0.05) is 6.07 Å². The number of benzene rings is 1. The summed E-state index contributed by atoms with van der Waals surface area (Å²) in [7, 11) is 0. The van der Waals surface area contributed by atoms with Crippen LogP contribution in [0.15, 0.2) is 22.7 Å². The molecule has 0 aliphatic carbocycles. The first-order valence-corrected chi connectivity index (χ1v) is 5.43. The molecule has 0 heterocycles. The minimum Gasteiger partial charge on any atom is -0.486 e. The lowest BCUT2D eigenvalue weighted by Crippen LogP contribution is -2.33. The lowest BCUT2D eigenvalue weighted by Gasteiger charge is -2.16. The number of alkyl halides is 4. The molecule has 0 amide bonds. The standard InChI is InChI=1S/C10H10BrF4NO/c11-7-3-6(4-16)1-2-8(7)17-5-10(14,15)9(12)13/h1-3,9H,4-5,16H2. The number of hydrogen-bond acceptors (Lipinski definition) is 2. The Balaban J connectivity index is 2.70. The maximum atomic E-state index is 12.6. The third-order valence-electron chi connectivity index (χ3n) is 1.97. The quantitative estimate of drug-likeness (QED) is 0.847. The molecular weight excluding hydrogens is 306 g/mol. The summed E-state index contributed by atoms with van der Waals surface area (Å²) < 4.78 is 54.0. The molecule has 0 bridgehead atoms. The van der Waals surface area contributed by atoms with Crippen molar-refractivity contribution in [3.8, 4) is 5.75 Å². The number of ether oxygens (including phenoxy) is 1. The highest BCUT2D eigenvalue weighted by Crippen LogP contribution is 2.29. The lowest BCUT2D eigenvalue weighted by atomic mass is 10.2. The molecule has 0 unspecified atom stereocenters. The Kier molecular flexibility index (Phi) is 4.76. The summed E-state index contributed by atoms with van der Waals surface area (Å²) in [4.78, 5) is 0. The van der Waals surface area contributed by atoms with Crippen LogP contribution in [0.25, 0.3) is 0 Å². The molecule has 2 nitrogen and oxygen atoms in total. The van der Waals surface area contributed by atoms with E-state index in [2.05, 4.69) is 20.7 Å². The third-order valence-corrected chi connectivity index (χ3v) is 2.59. The second kappa shape index (κ2) is 5.68. The molecule has 0 aromatic heterocycles. The summed E-state index contributed by atoms with van der Waals surface area (Å²) in [5.74, 6) is -4.09. The van der Waals surface area contributed by atoms with Crippen molar-refractivity contribution >= 4 is 15.9 Å². The van der Waals surface area contributed by atoms with Crippen molar-refractivity contribution < 1.29 is 22.3 Å². The summed E-state index contributed by atoms with van der Waals surface area (Å²) in [6, 6.07) is 4.55. The summed E-state index contributed by atoms with van der Waals surface area (Å²) >= 11 is 3.08. The Morgan fingerprint density at radius 3 is 2.47 bits per heavy atom. The molecule has 0 spiro atoms. The van der Waals surface area contributed by atoms with Gasteiger partial charge >= 0.3 is 12.3 Å². The van der Waals surface area contributed by atoms with Crippen molar-refractivity contribution in [2.75, 3.05) is 6.61 Å². The van der Waals surface area contributed by atoms with Crippen molar-refractivity contribution in [2.24, 2.45) is 5.73 Å². The maximum Gasteiger partial charge on any atom is 0.340 e. The van der Waals surface area contributed by atoms with Gasteiger partial charge in [-0.15, -0.1) is 0 Å². The predicted molar refractivity (Wildman–Crippen MR) is 58.5 cm³/mol. The topological polar surface area (TPSA) is 35.2 Å². The number of halogens is 5. The smallest absolute Gasteiger partial charge is 0.340 e. The summed E-state index contributed by atoms with van der Waals surface area (Å²) in [5, 5.41) is 0. The van der Waals surface area contributed by atoms with Crippen LogP contribution < -0.4 is 10.5 Å². The van der Waals surface area contributed by atoms with Crippen molar-refractivity contribution in [3.05, 3.63) is 28.2 Å². The summed E-state index contributed by atoms with van der Waals surface area (Å²) in [6.45, 7) is -1.09. The maximum absolute atomic E-state index is 12.6. The van der Waals surface area contributed by atoms with Crippen LogP contribution in [0.5, 0.6) is 5.75 Å². The largest absolute Gasteiger partial charge is 0.486 e. The highest BCUT2D eigenvalue weighted by atomic mass is 79.9. The van der Waals surface area contributed by atoms with Crippen molar-refractivity contribution in [3.63, 3.8) is 0 Å². The summed E-state index contributed by atoms with van der Waals surface area (Å²) in [6.07, 6.45) is -3.75. The van der Waals surface area contributed by atoms with E-state index in [0.29, 0.717) is 4.47 Å². The molecule has 1 aromatic rings. The zero-order valence-electron chi connectivity index (χ0n) is 8.60. The monoisotopic (exact) mass is 315 g/mol. The highest BCUT2D eigenvalue weighted by molar-refractivity contribution is 9.10. The van der Waals surface area contributed by atoms with Gasteiger partial charge in [0, 0.05) is 6.54 Å². The molecule has 0 saturated heterocycles. The molecule has 0 saturated carbocycles. The van der Waals surface area contributed by atoms with Crippen LogP contribution in [0, 0.1) is 0 Å². The molecule has 2 N–H and O–H groups in total. The van der Waals surface area contributed by atoms with E-state index in [1.54, 1.807) is 12.1 Å². The van der Waals surface area contributed by atoms with E-state index in [1.807, 2.05) is 0 Å². The van der Waals surface area contributed by atoms with E-state index < -0.39 is 19.0 Å². The lowest BCUT2D eigenvalue weighted by molar-refractivity contribution is -0.148. The van der Waals surface area contributed by atoms with Gasteiger partial charge in [0.05, 0.1) is 4.47 Å². The van der Waals surface area contributed by atoms with Gasteiger partial charge in [0.1, 0.15) is 5.75 Å². The molecule has 17 heavy (non-hydrogen) atoms. The summed E-state index contributed by atoms with van der Waals surface area (Å²) in [5.41, 5.74) is 6.14. The minimum atomic E-state index is -4.16. The molecule has 0 atom stereocenters. The second-order valence-corrected chi connectivity index (χ2v) is 4.17. The molecule has 0 radical (unpaired) electrons. The molecule has 0 fully saturated rings. The molecule has 7 heteroatoms. The van der Waals surface area contributed by atoms with Crippen LogP contribution in [0.2, 0.25) is 0 Å².